The van der Waals surface area contributed by atoms with Crippen molar-refractivity contribution in [1.82, 2.24) is 15.3 Å². The molecule has 0 aromatic carbocycles. The summed E-state index contributed by atoms with van der Waals surface area (Å²) in [7, 11) is 0. The average Bonchev–Trinajstić information content (AvgIpc) is 2.41. The number of nitrogens with one attached hydrogen (secondary N) is 1. The molecule has 1 aromatic heterocycles. The van der Waals surface area contributed by atoms with Crippen LogP contribution in [0.3, 0.4) is 0 Å². The van der Waals surface area contributed by atoms with Crippen LogP contribution in [0.5, 0.6) is 0 Å². The van der Waals surface area contributed by atoms with E-state index in [0.717, 1.165) is 32.1 Å². The van der Waals surface area contributed by atoms with E-state index in [9.17, 15) is 9.59 Å². The maximum atomic E-state index is 11.9. The monoisotopic (exact) mass is 293 g/mol. The van der Waals surface area contributed by atoms with Gasteiger partial charge in [0.15, 0.2) is 0 Å². The Balaban J connectivity index is 2.15. The molecule has 0 saturated carbocycles. The number of carbonyl (C=O) groups is 2. The van der Waals surface area contributed by atoms with Gasteiger partial charge in [0.05, 0.1) is 11.3 Å². The molecule has 116 valence electrons. The number of aryl methyl sites for hydroxylation is 2. The van der Waals surface area contributed by atoms with Crippen LogP contribution in [0.15, 0.2) is 6.20 Å². The van der Waals surface area contributed by atoms with Crippen molar-refractivity contribution in [3.8, 4) is 0 Å². The molecule has 0 fully saturated rings. The SMILES string of the molecule is Cc1ncc(C(=O)NCCCCCCCC(=O)O)c(C)n1. The Morgan fingerprint density at radius 2 is 1.81 bits per heavy atom. The van der Waals surface area contributed by atoms with Crippen molar-refractivity contribution in [2.75, 3.05) is 6.54 Å². The Labute approximate surface area is 125 Å². The predicted octanol–water partition coefficient (Wildman–Crippen LogP) is 2.25. The molecule has 6 nitrogen and oxygen atoms in total. The molecule has 1 aromatic rings. The highest BCUT2D eigenvalue weighted by atomic mass is 16.4. The van der Waals surface area contributed by atoms with Crippen LogP contribution < -0.4 is 5.32 Å². The number of carboxylic acids is 1. The number of unbranched alkanes of at least 4 members (excludes halogenated alkanes) is 4. The summed E-state index contributed by atoms with van der Waals surface area (Å²) in [5.74, 6) is -0.221. The van der Waals surface area contributed by atoms with E-state index in [4.69, 9.17) is 5.11 Å². The number of aliphatic carboxylic acids is 1. The van der Waals surface area contributed by atoms with E-state index in [-0.39, 0.29) is 12.3 Å². The van der Waals surface area contributed by atoms with Gasteiger partial charge in [-0.2, -0.15) is 0 Å². The van der Waals surface area contributed by atoms with Gasteiger partial charge in [0.1, 0.15) is 5.82 Å². The smallest absolute Gasteiger partial charge is 0.303 e. The fourth-order valence-electron chi connectivity index (χ4n) is 2.03. The average molecular weight is 293 g/mol. The van der Waals surface area contributed by atoms with Crippen LogP contribution in [0.4, 0.5) is 0 Å². The fraction of sp³-hybridized carbons (Fsp3) is 0.600. The molecule has 0 aliphatic rings. The maximum Gasteiger partial charge on any atom is 0.303 e. The Hall–Kier alpha value is -1.98. The molecule has 0 saturated heterocycles. The van der Waals surface area contributed by atoms with Crippen LogP contribution in [-0.4, -0.2) is 33.5 Å². The second-order valence-corrected chi connectivity index (χ2v) is 5.08. The lowest BCUT2D eigenvalue weighted by Gasteiger charge is -2.07. The normalized spacial score (nSPS) is 10.4. The summed E-state index contributed by atoms with van der Waals surface area (Å²) >= 11 is 0. The summed E-state index contributed by atoms with van der Waals surface area (Å²) < 4.78 is 0. The van der Waals surface area contributed by atoms with Crippen molar-refractivity contribution in [3.05, 3.63) is 23.3 Å². The van der Waals surface area contributed by atoms with Crippen LogP contribution in [0.2, 0.25) is 0 Å². The Morgan fingerprint density at radius 1 is 1.14 bits per heavy atom. The van der Waals surface area contributed by atoms with E-state index < -0.39 is 5.97 Å². The van der Waals surface area contributed by atoms with Gasteiger partial charge in [-0.25, -0.2) is 9.97 Å². The van der Waals surface area contributed by atoms with E-state index in [0.29, 0.717) is 23.6 Å². The minimum atomic E-state index is -0.738. The van der Waals surface area contributed by atoms with Crippen molar-refractivity contribution >= 4 is 11.9 Å². The molecule has 21 heavy (non-hydrogen) atoms. The topological polar surface area (TPSA) is 92.2 Å². The van der Waals surface area contributed by atoms with Crippen molar-refractivity contribution in [1.29, 1.82) is 0 Å². The number of carboxylic acid groups (broad SMARTS) is 1. The van der Waals surface area contributed by atoms with Gasteiger partial charge >= 0.3 is 5.97 Å². The Kier molecular flexibility index (Phi) is 7.36. The van der Waals surface area contributed by atoms with Crippen molar-refractivity contribution in [2.45, 2.75) is 52.4 Å². The summed E-state index contributed by atoms with van der Waals surface area (Å²) in [6, 6.07) is 0. The molecule has 2 N–H and O–H groups in total. The minimum absolute atomic E-state index is 0.140. The molecule has 1 rings (SSSR count). The predicted molar refractivity (Wildman–Crippen MR) is 79.2 cm³/mol. The molecule has 0 bridgehead atoms. The first-order chi connectivity index (χ1) is 10.0. The van der Waals surface area contributed by atoms with Crippen molar-refractivity contribution in [3.63, 3.8) is 0 Å². The summed E-state index contributed by atoms with van der Waals surface area (Å²) in [6.07, 6.45) is 6.32. The summed E-state index contributed by atoms with van der Waals surface area (Å²) in [5.41, 5.74) is 1.20. The lowest BCUT2D eigenvalue weighted by atomic mass is 10.1. The minimum Gasteiger partial charge on any atom is -0.481 e. The lowest BCUT2D eigenvalue weighted by molar-refractivity contribution is -0.137. The van der Waals surface area contributed by atoms with Crippen molar-refractivity contribution < 1.29 is 14.7 Å². The summed E-state index contributed by atoms with van der Waals surface area (Å²) in [5, 5.41) is 11.4. The number of carbonyl (C=O) groups excluding carboxylic acids is 1. The number of aromatic nitrogens is 2. The fourth-order valence-corrected chi connectivity index (χ4v) is 2.03. The lowest BCUT2D eigenvalue weighted by Crippen LogP contribution is -2.25. The van der Waals surface area contributed by atoms with Crippen LogP contribution in [0.1, 0.15) is 60.4 Å². The number of rotatable bonds is 9. The molecule has 6 heteroatoms. The number of hydrogen-bond donors (Lipinski definition) is 2. The standard InChI is InChI=1S/C15H23N3O3/c1-11-13(10-17-12(2)18-11)15(21)16-9-7-5-3-4-6-8-14(19)20/h10H,3-9H2,1-2H3,(H,16,21)(H,19,20). The zero-order valence-corrected chi connectivity index (χ0v) is 12.7. The van der Waals surface area contributed by atoms with Gasteiger partial charge in [-0.1, -0.05) is 19.3 Å². The first-order valence-electron chi connectivity index (χ1n) is 7.31. The van der Waals surface area contributed by atoms with Gasteiger partial charge in [0.25, 0.3) is 5.91 Å². The molecule has 1 amide bonds. The highest BCUT2D eigenvalue weighted by Crippen LogP contribution is 2.06. The van der Waals surface area contributed by atoms with Gasteiger partial charge in [-0.15, -0.1) is 0 Å². The van der Waals surface area contributed by atoms with Crippen LogP contribution in [-0.2, 0) is 4.79 Å². The zero-order valence-electron chi connectivity index (χ0n) is 12.7. The second kappa shape index (κ2) is 9.05. The van der Waals surface area contributed by atoms with E-state index in [1.54, 1.807) is 20.0 Å². The molecular weight excluding hydrogens is 270 g/mol. The summed E-state index contributed by atoms with van der Waals surface area (Å²) in [6.45, 7) is 4.20. The molecule has 0 spiro atoms. The van der Waals surface area contributed by atoms with Gasteiger partial charge in [0.2, 0.25) is 0 Å². The summed E-state index contributed by atoms with van der Waals surface area (Å²) in [4.78, 5) is 30.5. The Morgan fingerprint density at radius 3 is 2.48 bits per heavy atom. The second-order valence-electron chi connectivity index (χ2n) is 5.08. The molecule has 0 aliphatic carbocycles. The van der Waals surface area contributed by atoms with E-state index in [1.165, 1.54) is 0 Å². The molecular formula is C15H23N3O3. The third-order valence-electron chi connectivity index (χ3n) is 3.20. The molecule has 0 aliphatic heterocycles. The number of nitrogens with zero attached hydrogens (tertiary/aromatic N) is 2. The molecule has 0 atom stereocenters. The van der Waals surface area contributed by atoms with Crippen LogP contribution in [0.25, 0.3) is 0 Å². The number of hydrogen-bond acceptors (Lipinski definition) is 4. The van der Waals surface area contributed by atoms with Crippen LogP contribution in [0, 0.1) is 13.8 Å². The van der Waals surface area contributed by atoms with Crippen LogP contribution >= 0.6 is 0 Å². The first-order valence-corrected chi connectivity index (χ1v) is 7.31. The van der Waals surface area contributed by atoms with E-state index >= 15 is 0 Å². The van der Waals surface area contributed by atoms with E-state index in [1.807, 2.05) is 0 Å². The third kappa shape index (κ3) is 6.83. The van der Waals surface area contributed by atoms with E-state index in [2.05, 4.69) is 15.3 Å². The molecule has 0 radical (unpaired) electrons. The highest BCUT2D eigenvalue weighted by molar-refractivity contribution is 5.94. The Bertz CT molecular complexity index is 489. The zero-order chi connectivity index (χ0) is 15.7. The van der Waals surface area contributed by atoms with Gasteiger partial charge in [-0.05, 0) is 26.7 Å². The highest BCUT2D eigenvalue weighted by Gasteiger charge is 2.09. The molecule has 0 unspecified atom stereocenters. The number of amides is 1. The van der Waals surface area contributed by atoms with Gasteiger partial charge in [-0.3, -0.25) is 9.59 Å². The first kappa shape index (κ1) is 17.1. The maximum absolute atomic E-state index is 11.9. The third-order valence-corrected chi connectivity index (χ3v) is 3.20. The molecule has 1 heterocycles. The quantitative estimate of drug-likeness (QED) is 0.681. The van der Waals surface area contributed by atoms with Gasteiger partial charge < -0.3 is 10.4 Å². The van der Waals surface area contributed by atoms with Crippen molar-refractivity contribution in [2.24, 2.45) is 0 Å². The largest absolute Gasteiger partial charge is 0.481 e. The van der Waals surface area contributed by atoms with Gasteiger partial charge in [0, 0.05) is 19.2 Å².